The van der Waals surface area contributed by atoms with Crippen LogP contribution in [-0.4, -0.2) is 71.6 Å². The van der Waals surface area contributed by atoms with Gasteiger partial charge in [-0.1, -0.05) is 12.6 Å². The van der Waals surface area contributed by atoms with E-state index in [4.69, 9.17) is 14.5 Å². The number of fused-ring (bicyclic) bond motifs is 1. The highest BCUT2D eigenvalue weighted by molar-refractivity contribution is 8.32. The second kappa shape index (κ2) is 9.89. The zero-order valence-electron chi connectivity index (χ0n) is 20.2. The van der Waals surface area contributed by atoms with Gasteiger partial charge in [0.1, 0.15) is 12.5 Å². The van der Waals surface area contributed by atoms with Crippen molar-refractivity contribution < 1.29 is 14.3 Å². The topological polar surface area (TPSA) is 69.5 Å². The molecule has 2 aliphatic rings. The van der Waals surface area contributed by atoms with Gasteiger partial charge in [-0.15, -0.1) is 0 Å². The SMILES string of the molecule is C=Cc1nc(N2CC3CC3C2)ccc1Cc1cc(C(=O)OCC)nn1COCCS(C)(C)C. The van der Waals surface area contributed by atoms with E-state index in [1.807, 2.05) is 6.08 Å². The molecule has 1 saturated carbocycles. The molecule has 3 heterocycles. The van der Waals surface area contributed by atoms with Gasteiger partial charge >= 0.3 is 5.97 Å². The molecule has 4 rings (SSSR count). The van der Waals surface area contributed by atoms with E-state index in [1.165, 1.54) is 6.42 Å². The summed E-state index contributed by atoms with van der Waals surface area (Å²) in [5, 5.41) is 4.48. The van der Waals surface area contributed by atoms with E-state index < -0.39 is 16.0 Å². The van der Waals surface area contributed by atoms with Crippen molar-refractivity contribution >= 4 is 27.9 Å². The second-order valence-corrected chi connectivity index (χ2v) is 14.4. The molecular formula is C25H36N4O3S. The van der Waals surface area contributed by atoms with E-state index in [1.54, 1.807) is 17.7 Å². The first-order chi connectivity index (χ1) is 15.8. The summed E-state index contributed by atoms with van der Waals surface area (Å²) in [5.41, 5.74) is 3.11. The molecule has 1 aliphatic heterocycles. The normalized spacial score (nSPS) is 19.9. The minimum absolute atomic E-state index is 0.301. The molecule has 2 aromatic rings. The van der Waals surface area contributed by atoms with Crippen LogP contribution in [0.2, 0.25) is 0 Å². The van der Waals surface area contributed by atoms with Crippen molar-refractivity contribution in [1.29, 1.82) is 0 Å². The molecule has 2 unspecified atom stereocenters. The summed E-state index contributed by atoms with van der Waals surface area (Å²) in [6.45, 7) is 9.28. The number of nitrogens with zero attached hydrogens (tertiary/aromatic N) is 4. The van der Waals surface area contributed by atoms with E-state index >= 15 is 0 Å². The third-order valence-electron chi connectivity index (χ3n) is 6.27. The third kappa shape index (κ3) is 5.98. The highest BCUT2D eigenvalue weighted by atomic mass is 32.3. The smallest absolute Gasteiger partial charge is 0.358 e. The molecule has 2 aromatic heterocycles. The summed E-state index contributed by atoms with van der Waals surface area (Å²) >= 11 is 0. The fraction of sp³-hybridized carbons (Fsp3) is 0.560. The molecule has 0 amide bonds. The van der Waals surface area contributed by atoms with Crippen LogP contribution in [0.25, 0.3) is 6.08 Å². The van der Waals surface area contributed by atoms with Crippen molar-refractivity contribution in [1.82, 2.24) is 14.8 Å². The van der Waals surface area contributed by atoms with Crippen molar-refractivity contribution in [3.8, 4) is 0 Å². The number of carbonyl (C=O) groups excluding carboxylic acids is 1. The van der Waals surface area contributed by atoms with Crippen molar-refractivity contribution in [3.63, 3.8) is 0 Å². The minimum atomic E-state index is -0.626. The van der Waals surface area contributed by atoms with Gasteiger partial charge < -0.3 is 14.4 Å². The predicted octanol–water partition coefficient (Wildman–Crippen LogP) is 3.81. The lowest BCUT2D eigenvalue weighted by Crippen LogP contribution is -2.23. The maximum Gasteiger partial charge on any atom is 0.358 e. The number of carbonyl (C=O) groups is 1. The second-order valence-electron chi connectivity index (χ2n) is 9.83. The number of anilines is 1. The van der Waals surface area contributed by atoms with Crippen LogP contribution in [0.15, 0.2) is 24.8 Å². The number of ether oxygens (including phenoxy) is 2. The van der Waals surface area contributed by atoms with Crippen LogP contribution in [0.1, 0.15) is 40.8 Å². The molecule has 180 valence electrons. The lowest BCUT2D eigenvalue weighted by atomic mass is 10.1. The van der Waals surface area contributed by atoms with Crippen molar-refractivity contribution in [2.45, 2.75) is 26.5 Å². The van der Waals surface area contributed by atoms with Gasteiger partial charge in [0, 0.05) is 31.0 Å². The molecule has 33 heavy (non-hydrogen) atoms. The molecule has 0 aromatic carbocycles. The molecule has 1 aliphatic carbocycles. The quantitative estimate of drug-likeness (QED) is 0.366. The molecular weight excluding hydrogens is 436 g/mol. The maximum absolute atomic E-state index is 12.3. The van der Waals surface area contributed by atoms with Crippen molar-refractivity contribution in [3.05, 3.63) is 47.4 Å². The summed E-state index contributed by atoms with van der Waals surface area (Å²) in [5.74, 6) is 3.35. The lowest BCUT2D eigenvalue weighted by molar-refractivity contribution is 0.0511. The Bertz CT molecular complexity index is 1000. The predicted molar refractivity (Wildman–Crippen MR) is 135 cm³/mol. The number of pyridine rings is 1. The fourth-order valence-corrected chi connectivity index (χ4v) is 4.87. The Labute approximate surface area is 198 Å². The molecule has 0 radical (unpaired) electrons. The first-order valence-electron chi connectivity index (χ1n) is 11.6. The average Bonchev–Trinajstić information content (AvgIpc) is 3.18. The van der Waals surface area contributed by atoms with Crippen LogP contribution < -0.4 is 4.90 Å². The first kappa shape index (κ1) is 23.8. The molecule has 1 saturated heterocycles. The van der Waals surface area contributed by atoms with Gasteiger partial charge in [-0.05, 0) is 67.7 Å². The highest BCUT2D eigenvalue weighted by Crippen LogP contribution is 2.46. The third-order valence-corrected chi connectivity index (χ3v) is 7.66. The summed E-state index contributed by atoms with van der Waals surface area (Å²) in [4.78, 5) is 19.6. The van der Waals surface area contributed by atoms with E-state index in [0.29, 0.717) is 32.1 Å². The van der Waals surface area contributed by atoms with E-state index in [-0.39, 0.29) is 0 Å². The Morgan fingerprint density at radius 3 is 2.70 bits per heavy atom. The van der Waals surface area contributed by atoms with Crippen LogP contribution in [0.4, 0.5) is 5.82 Å². The number of aromatic nitrogens is 3. The van der Waals surface area contributed by atoms with Crippen LogP contribution in [0, 0.1) is 11.8 Å². The lowest BCUT2D eigenvalue weighted by Gasteiger charge is -2.24. The summed E-state index contributed by atoms with van der Waals surface area (Å²) in [7, 11) is -0.626. The van der Waals surface area contributed by atoms with E-state index in [9.17, 15) is 4.79 Å². The first-order valence-corrected chi connectivity index (χ1v) is 14.6. The van der Waals surface area contributed by atoms with E-state index in [2.05, 4.69) is 47.5 Å². The summed E-state index contributed by atoms with van der Waals surface area (Å²) in [6, 6.07) is 6.02. The molecule has 8 heteroatoms. The zero-order chi connectivity index (χ0) is 23.6. The van der Waals surface area contributed by atoms with Crippen molar-refractivity contribution in [2.24, 2.45) is 11.8 Å². The standard InChI is InChI=1S/C25H36N4O3S/c1-6-22-18(8-9-24(26-22)28-15-19-12-20(19)16-28)13-21-14-23(25(30)32-7-2)27-29(21)17-31-10-11-33(3,4)5/h6,8-9,14,19-20H,1,7,10-13,15-17H2,2-5H3. The van der Waals surface area contributed by atoms with Gasteiger partial charge in [-0.25, -0.2) is 24.5 Å². The Hall–Kier alpha value is -2.32. The van der Waals surface area contributed by atoms with Gasteiger partial charge in [0.25, 0.3) is 0 Å². The Morgan fingerprint density at radius 2 is 2.03 bits per heavy atom. The van der Waals surface area contributed by atoms with Gasteiger partial charge in [-0.2, -0.15) is 5.10 Å². The fourth-order valence-electron chi connectivity index (χ4n) is 4.25. The minimum Gasteiger partial charge on any atom is -0.461 e. The van der Waals surface area contributed by atoms with Crippen molar-refractivity contribution in [2.75, 3.05) is 55.7 Å². The van der Waals surface area contributed by atoms with Crippen LogP contribution in [0.3, 0.4) is 0 Å². The molecule has 0 N–H and O–H groups in total. The Balaban J connectivity index is 1.51. The number of esters is 1. The molecule has 7 nitrogen and oxygen atoms in total. The Kier molecular flexibility index (Phi) is 7.14. The van der Waals surface area contributed by atoms with Crippen LogP contribution >= 0.6 is 10.0 Å². The number of hydrogen-bond acceptors (Lipinski definition) is 6. The summed E-state index contributed by atoms with van der Waals surface area (Å²) < 4.78 is 12.8. The van der Waals surface area contributed by atoms with Gasteiger partial charge in [0.15, 0.2) is 5.69 Å². The number of hydrogen-bond donors (Lipinski definition) is 0. The number of rotatable bonds is 11. The van der Waals surface area contributed by atoms with Crippen LogP contribution in [0.5, 0.6) is 0 Å². The molecule has 0 bridgehead atoms. The van der Waals surface area contributed by atoms with Crippen LogP contribution in [-0.2, 0) is 22.6 Å². The monoisotopic (exact) mass is 472 g/mol. The average molecular weight is 473 g/mol. The largest absolute Gasteiger partial charge is 0.461 e. The Morgan fingerprint density at radius 1 is 1.27 bits per heavy atom. The number of piperidine rings is 1. The van der Waals surface area contributed by atoms with Gasteiger partial charge in [0.2, 0.25) is 0 Å². The van der Waals surface area contributed by atoms with Gasteiger partial charge in [-0.3, -0.25) is 0 Å². The summed E-state index contributed by atoms with van der Waals surface area (Å²) in [6.07, 6.45) is 10.6. The van der Waals surface area contributed by atoms with Gasteiger partial charge in [0.05, 0.1) is 18.9 Å². The molecule has 0 spiro atoms. The molecule has 2 atom stereocenters. The zero-order valence-corrected chi connectivity index (χ0v) is 21.1. The maximum atomic E-state index is 12.3. The van der Waals surface area contributed by atoms with E-state index in [0.717, 1.165) is 53.4 Å². The highest BCUT2D eigenvalue weighted by Gasteiger charge is 2.45. The molecule has 2 fully saturated rings.